The molecule has 3 aliphatic heterocycles. The molecule has 11 unspecified atom stereocenters. The van der Waals surface area contributed by atoms with E-state index in [0.29, 0.717) is 59.2 Å². The van der Waals surface area contributed by atoms with Gasteiger partial charge in [0.05, 0.1) is 120 Å². The van der Waals surface area contributed by atoms with E-state index in [1.54, 1.807) is 0 Å². The molecule has 0 spiro atoms. The average Bonchev–Trinajstić information content (AvgIpc) is 3.97. The Kier molecular flexibility index (Phi) is 26.2. The smallest absolute Gasteiger partial charge is 0.0900 e. The third kappa shape index (κ3) is 24.1. The van der Waals surface area contributed by atoms with Crippen LogP contribution in [0.5, 0.6) is 0 Å². The molecule has 0 amide bonds. The van der Waals surface area contributed by atoms with Crippen molar-refractivity contribution in [1.29, 1.82) is 0 Å². The third-order valence-electron chi connectivity index (χ3n) is 9.68. The molecule has 0 saturated carbocycles. The van der Waals surface area contributed by atoms with E-state index < -0.39 is 24.4 Å². The van der Waals surface area contributed by atoms with Crippen LogP contribution in [0.4, 0.5) is 0 Å². The lowest BCUT2D eigenvalue weighted by Crippen LogP contribution is -2.44. The van der Waals surface area contributed by atoms with E-state index in [0.717, 1.165) is 71.4 Å². The van der Waals surface area contributed by atoms with Crippen molar-refractivity contribution in [3.05, 3.63) is 0 Å². The molecule has 6 N–H and O–H groups in total. The maximum absolute atomic E-state index is 10.9. The van der Waals surface area contributed by atoms with Crippen LogP contribution in [0, 0.1) is 0 Å². The van der Waals surface area contributed by atoms with Crippen molar-refractivity contribution in [3.8, 4) is 0 Å². The van der Waals surface area contributed by atoms with E-state index >= 15 is 0 Å². The summed E-state index contributed by atoms with van der Waals surface area (Å²) in [6.45, 7) is 15.6. The molecule has 0 aliphatic carbocycles. The number of rotatable bonds is 34. The molecule has 0 aromatic rings. The van der Waals surface area contributed by atoms with Gasteiger partial charge in [-0.25, -0.2) is 0 Å². The molecule has 3 fully saturated rings. The van der Waals surface area contributed by atoms with Gasteiger partial charge in [-0.1, -0.05) is 0 Å². The minimum absolute atomic E-state index is 0.0581. The van der Waals surface area contributed by atoms with Crippen molar-refractivity contribution < 1.29 is 63.1 Å². The molecule has 3 heterocycles. The van der Waals surface area contributed by atoms with Crippen LogP contribution in [0.2, 0.25) is 0 Å². The van der Waals surface area contributed by atoms with Crippen molar-refractivity contribution in [1.82, 2.24) is 15.5 Å². The Hall–Kier alpha value is -0.640. The summed E-state index contributed by atoms with van der Waals surface area (Å²) in [4.78, 5) is 2.01. The summed E-state index contributed by atoms with van der Waals surface area (Å²) in [5.41, 5.74) is 0. The van der Waals surface area contributed by atoms with E-state index in [4.69, 9.17) is 42.6 Å². The second-order valence-corrected chi connectivity index (χ2v) is 15.7. The van der Waals surface area contributed by atoms with E-state index in [2.05, 4.69) is 10.6 Å². The second-order valence-electron chi connectivity index (χ2n) is 15.7. The van der Waals surface area contributed by atoms with Crippen molar-refractivity contribution >= 4 is 0 Å². The number of nitrogens with zero attached hydrogens (tertiary/aromatic N) is 1. The molecule has 16 heteroatoms. The fourth-order valence-electron chi connectivity index (χ4n) is 6.63. The zero-order valence-corrected chi connectivity index (χ0v) is 34.2. The minimum Gasteiger partial charge on any atom is -0.389 e. The summed E-state index contributed by atoms with van der Waals surface area (Å²) in [5, 5.41) is 48.5. The van der Waals surface area contributed by atoms with Gasteiger partial charge in [0.25, 0.3) is 0 Å². The summed E-state index contributed by atoms with van der Waals surface area (Å²) in [5.74, 6) is 0. The first-order valence-corrected chi connectivity index (χ1v) is 20.9. The number of ether oxygens (including phenoxy) is 9. The lowest BCUT2D eigenvalue weighted by Gasteiger charge is -2.29. The molecule has 16 nitrogen and oxygen atoms in total. The Morgan fingerprint density at radius 1 is 0.509 bits per heavy atom. The van der Waals surface area contributed by atoms with Crippen LogP contribution < -0.4 is 10.6 Å². The predicted octanol–water partition coefficient (Wildman–Crippen LogP) is 0.102. The predicted molar refractivity (Wildman–Crippen MR) is 206 cm³/mol. The first-order valence-electron chi connectivity index (χ1n) is 20.9. The zero-order chi connectivity index (χ0) is 39.7. The molecule has 0 aromatic heterocycles. The van der Waals surface area contributed by atoms with Crippen LogP contribution in [0.15, 0.2) is 0 Å². The van der Waals surface area contributed by atoms with Crippen LogP contribution >= 0.6 is 0 Å². The largest absolute Gasteiger partial charge is 0.389 e. The topological polar surface area (TPSA) is 191 Å². The molecule has 3 saturated heterocycles. The Morgan fingerprint density at radius 3 is 1.36 bits per heavy atom. The molecule has 0 bridgehead atoms. The Morgan fingerprint density at radius 2 is 0.891 bits per heavy atom. The van der Waals surface area contributed by atoms with Gasteiger partial charge in [0.2, 0.25) is 0 Å². The van der Waals surface area contributed by atoms with Crippen molar-refractivity contribution in [2.45, 2.75) is 133 Å². The summed E-state index contributed by atoms with van der Waals surface area (Å²) in [6, 6.07) is 0. The monoisotopic (exact) mass is 796 g/mol. The van der Waals surface area contributed by atoms with Gasteiger partial charge in [0, 0.05) is 65.6 Å². The molecule has 0 radical (unpaired) electrons. The molecular formula is C39H77N3O13. The van der Waals surface area contributed by atoms with Gasteiger partial charge in [0.15, 0.2) is 0 Å². The van der Waals surface area contributed by atoms with Crippen LogP contribution in [0.25, 0.3) is 0 Å². The van der Waals surface area contributed by atoms with Gasteiger partial charge in [-0.2, -0.15) is 0 Å². The molecule has 326 valence electrons. The van der Waals surface area contributed by atoms with E-state index in [1.807, 2.05) is 32.6 Å². The zero-order valence-electron chi connectivity index (χ0n) is 34.2. The van der Waals surface area contributed by atoms with E-state index in [9.17, 15) is 20.4 Å². The maximum atomic E-state index is 10.9. The van der Waals surface area contributed by atoms with Gasteiger partial charge < -0.3 is 73.7 Å². The first kappa shape index (κ1) is 48.7. The summed E-state index contributed by atoms with van der Waals surface area (Å²) in [6.07, 6.45) is 3.22. The van der Waals surface area contributed by atoms with Crippen LogP contribution in [-0.4, -0.2) is 211 Å². The fourth-order valence-corrected chi connectivity index (χ4v) is 6.63. The first-order chi connectivity index (χ1) is 26.5. The minimum atomic E-state index is -0.769. The molecule has 55 heavy (non-hydrogen) atoms. The molecule has 3 aliphatic rings. The molecule has 3 rings (SSSR count). The molecular weight excluding hydrogens is 718 g/mol. The Bertz CT molecular complexity index is 914. The SMILES string of the molecule is CC(COCC(O)CN(CC(O)COC(C)COC(C)COCC(O)CNCC1CCCO1)CC1CCCO1)OCC(C)OCC(O)CNCC1CCCO1. The van der Waals surface area contributed by atoms with E-state index in [-0.39, 0.29) is 69.2 Å². The molecule has 0 aromatic carbocycles. The fraction of sp³-hybridized carbons (Fsp3) is 1.00. The number of aliphatic hydroxyl groups excluding tert-OH is 4. The maximum Gasteiger partial charge on any atom is 0.0900 e. The van der Waals surface area contributed by atoms with Gasteiger partial charge in [-0.05, 0) is 66.2 Å². The summed E-state index contributed by atoms with van der Waals surface area (Å²) >= 11 is 0. The van der Waals surface area contributed by atoms with Gasteiger partial charge in [0.1, 0.15) is 0 Å². The lowest BCUT2D eigenvalue weighted by molar-refractivity contribution is -0.0856. The summed E-state index contributed by atoms with van der Waals surface area (Å²) in [7, 11) is 0. The number of aliphatic hydroxyl groups is 4. The van der Waals surface area contributed by atoms with Gasteiger partial charge in [-0.15, -0.1) is 0 Å². The van der Waals surface area contributed by atoms with Crippen molar-refractivity contribution in [3.63, 3.8) is 0 Å². The van der Waals surface area contributed by atoms with Crippen LogP contribution in [-0.2, 0) is 42.6 Å². The van der Waals surface area contributed by atoms with Crippen molar-refractivity contribution in [2.24, 2.45) is 0 Å². The Balaban J connectivity index is 1.22. The quantitative estimate of drug-likeness (QED) is 0.0514. The molecule has 11 atom stereocenters. The number of hydrogen-bond donors (Lipinski definition) is 6. The highest BCUT2D eigenvalue weighted by atomic mass is 16.6. The highest BCUT2D eigenvalue weighted by Gasteiger charge is 2.24. The summed E-state index contributed by atoms with van der Waals surface area (Å²) < 4.78 is 51.8. The Labute approximate surface area is 330 Å². The normalized spacial score (nSPS) is 24.9. The van der Waals surface area contributed by atoms with Gasteiger partial charge >= 0.3 is 0 Å². The second kappa shape index (κ2) is 29.6. The van der Waals surface area contributed by atoms with Crippen molar-refractivity contribution in [2.75, 3.05) is 118 Å². The van der Waals surface area contributed by atoms with Crippen LogP contribution in [0.3, 0.4) is 0 Å². The lowest BCUT2D eigenvalue weighted by atomic mass is 10.2. The highest BCUT2D eigenvalue weighted by Crippen LogP contribution is 2.15. The number of nitrogens with one attached hydrogen (secondary N) is 2. The highest BCUT2D eigenvalue weighted by molar-refractivity contribution is 4.76. The number of hydrogen-bond acceptors (Lipinski definition) is 16. The average molecular weight is 796 g/mol. The van der Waals surface area contributed by atoms with E-state index in [1.165, 1.54) is 0 Å². The van der Waals surface area contributed by atoms with Gasteiger partial charge in [-0.3, -0.25) is 4.90 Å². The van der Waals surface area contributed by atoms with Crippen LogP contribution in [0.1, 0.15) is 66.2 Å². The standard InChI is InChI=1S/C39H77N3O13/c1-29(21-47-25-33(43)14-40-16-37-8-5-11-49-37)53-24-32(4)55-28-36(46)19-42(20-39-10-7-13-51-39)18-35(45)26-48-22-30(2)52-23-31(3)54-27-34(44)15-41-17-38-9-6-12-50-38/h29-41,43-46H,5-28H2,1-4H3. The third-order valence-corrected chi connectivity index (χ3v) is 9.68.